The molecule has 1 aromatic heterocycles. The molecule has 0 radical (unpaired) electrons. The summed E-state index contributed by atoms with van der Waals surface area (Å²) in [5.74, 6) is -1.61. The molecule has 25 heavy (non-hydrogen) atoms. The van der Waals surface area contributed by atoms with E-state index in [2.05, 4.69) is 5.32 Å². The van der Waals surface area contributed by atoms with E-state index in [0.717, 1.165) is 0 Å². The zero-order chi connectivity index (χ0) is 18.6. The Morgan fingerprint density at radius 2 is 2.04 bits per heavy atom. The lowest BCUT2D eigenvalue weighted by molar-refractivity contribution is -0.384. The van der Waals surface area contributed by atoms with E-state index in [9.17, 15) is 19.7 Å². The summed E-state index contributed by atoms with van der Waals surface area (Å²) in [5, 5.41) is 22.7. The monoisotopic (exact) mass is 346 g/mol. The second-order valence-electron chi connectivity index (χ2n) is 5.39. The minimum atomic E-state index is -1.16. The fraction of sp³-hybridized carbons (Fsp3) is 0.294. The predicted molar refractivity (Wildman–Crippen MR) is 88.6 cm³/mol. The molecule has 1 unspecified atom stereocenters. The number of nitro groups is 1. The third-order valence-corrected chi connectivity index (χ3v) is 3.78. The predicted octanol–water partition coefficient (Wildman–Crippen LogP) is 3.33. The molecule has 0 saturated heterocycles. The lowest BCUT2D eigenvalue weighted by atomic mass is 10.0. The number of furan rings is 1. The van der Waals surface area contributed by atoms with Gasteiger partial charge in [0.05, 0.1) is 11.0 Å². The Labute approximate surface area is 143 Å². The van der Waals surface area contributed by atoms with Crippen LogP contribution in [0.1, 0.15) is 58.5 Å². The molecule has 0 bridgehead atoms. The topological polar surface area (TPSA) is 123 Å². The summed E-state index contributed by atoms with van der Waals surface area (Å²) in [4.78, 5) is 33.9. The van der Waals surface area contributed by atoms with Gasteiger partial charge in [-0.05, 0) is 12.0 Å². The molecule has 2 rings (SSSR count). The largest absolute Gasteiger partial charge is 0.478 e. The number of aromatic carboxylic acids is 1. The molecule has 0 aliphatic heterocycles. The Morgan fingerprint density at radius 1 is 1.32 bits per heavy atom. The van der Waals surface area contributed by atoms with Crippen LogP contribution in [0.25, 0.3) is 0 Å². The number of carbonyl (C=O) groups is 2. The number of carboxylic acid groups (broad SMARTS) is 1. The normalized spacial score (nSPS) is 11.8. The van der Waals surface area contributed by atoms with Gasteiger partial charge in [-0.1, -0.05) is 26.0 Å². The van der Waals surface area contributed by atoms with Crippen LogP contribution in [0.5, 0.6) is 0 Å². The van der Waals surface area contributed by atoms with Gasteiger partial charge in [-0.3, -0.25) is 14.9 Å². The van der Waals surface area contributed by atoms with Crippen LogP contribution in [-0.2, 0) is 6.42 Å². The number of rotatable bonds is 7. The Balaban J connectivity index is 2.24. The van der Waals surface area contributed by atoms with E-state index >= 15 is 0 Å². The first-order valence-electron chi connectivity index (χ1n) is 7.78. The first-order chi connectivity index (χ1) is 11.9. The van der Waals surface area contributed by atoms with E-state index in [-0.39, 0.29) is 22.8 Å². The third kappa shape index (κ3) is 4.03. The quantitative estimate of drug-likeness (QED) is 0.585. The van der Waals surface area contributed by atoms with Gasteiger partial charge in [0, 0.05) is 24.6 Å². The fourth-order valence-corrected chi connectivity index (χ4v) is 2.49. The van der Waals surface area contributed by atoms with Crippen LogP contribution < -0.4 is 5.32 Å². The highest BCUT2D eigenvalue weighted by atomic mass is 16.6. The summed E-state index contributed by atoms with van der Waals surface area (Å²) in [6.07, 6.45) is 0.844. The summed E-state index contributed by atoms with van der Waals surface area (Å²) in [7, 11) is 0. The Bertz CT molecular complexity index is 811. The molecule has 1 heterocycles. The maximum absolute atomic E-state index is 12.4. The van der Waals surface area contributed by atoms with Crippen LogP contribution >= 0.6 is 0 Å². The number of amides is 1. The molecule has 2 aromatic rings. The van der Waals surface area contributed by atoms with Gasteiger partial charge in [-0.15, -0.1) is 0 Å². The lowest BCUT2D eigenvalue weighted by Crippen LogP contribution is -2.27. The first-order valence-corrected chi connectivity index (χ1v) is 7.78. The van der Waals surface area contributed by atoms with Crippen molar-refractivity contribution in [3.8, 4) is 0 Å². The van der Waals surface area contributed by atoms with Crippen molar-refractivity contribution in [3.63, 3.8) is 0 Å². The number of nitro benzene ring substituents is 1. The number of aryl methyl sites for hydroxylation is 1. The molecular weight excluding hydrogens is 328 g/mol. The first kappa shape index (κ1) is 18.2. The number of hydrogen-bond acceptors (Lipinski definition) is 5. The van der Waals surface area contributed by atoms with Crippen LogP contribution in [0.4, 0.5) is 5.69 Å². The Morgan fingerprint density at radius 3 is 2.56 bits per heavy atom. The van der Waals surface area contributed by atoms with Crippen molar-refractivity contribution in [1.82, 2.24) is 5.32 Å². The smallest absolute Gasteiger partial charge is 0.339 e. The minimum absolute atomic E-state index is 0.0453. The molecule has 0 aliphatic carbocycles. The van der Waals surface area contributed by atoms with Crippen molar-refractivity contribution >= 4 is 17.6 Å². The summed E-state index contributed by atoms with van der Waals surface area (Å²) in [6, 6.07) is 6.73. The summed E-state index contributed by atoms with van der Waals surface area (Å²) >= 11 is 0. The molecule has 0 aliphatic rings. The van der Waals surface area contributed by atoms with Crippen LogP contribution in [-0.4, -0.2) is 21.9 Å². The van der Waals surface area contributed by atoms with Crippen LogP contribution in [0.15, 0.2) is 34.7 Å². The standard InChI is InChI=1S/C17H18N2O6/c1-3-13(10-6-5-7-11(8-10)19(23)24)18-16(20)15-9-12(17(21)22)14(4-2)25-15/h5-9,13H,3-4H2,1-2H3,(H,18,20)(H,21,22). The van der Waals surface area contributed by atoms with Gasteiger partial charge in [0.2, 0.25) is 0 Å². The van der Waals surface area contributed by atoms with Crippen molar-refractivity contribution in [1.29, 1.82) is 0 Å². The number of nitrogens with one attached hydrogen (secondary N) is 1. The Hall–Kier alpha value is -3.16. The molecule has 1 aromatic carbocycles. The molecule has 0 fully saturated rings. The Kier molecular flexibility index (Phi) is 5.53. The molecule has 8 heteroatoms. The van der Waals surface area contributed by atoms with Crippen LogP contribution in [0, 0.1) is 10.1 Å². The maximum Gasteiger partial charge on any atom is 0.339 e. The molecule has 8 nitrogen and oxygen atoms in total. The van der Waals surface area contributed by atoms with Crippen molar-refractivity contribution in [3.05, 3.63) is 63.1 Å². The highest BCUT2D eigenvalue weighted by molar-refractivity contribution is 5.96. The van der Waals surface area contributed by atoms with Crippen LogP contribution in [0.2, 0.25) is 0 Å². The van der Waals surface area contributed by atoms with Gasteiger partial charge in [-0.25, -0.2) is 4.79 Å². The molecule has 1 atom stereocenters. The zero-order valence-corrected chi connectivity index (χ0v) is 13.8. The van der Waals surface area contributed by atoms with Gasteiger partial charge < -0.3 is 14.8 Å². The number of hydrogen-bond donors (Lipinski definition) is 2. The minimum Gasteiger partial charge on any atom is -0.478 e. The molecule has 132 valence electrons. The SMILES string of the molecule is CCc1oc(C(=O)NC(CC)c2cccc([N+](=O)[O-])c2)cc1C(=O)O. The van der Waals surface area contributed by atoms with E-state index in [0.29, 0.717) is 18.4 Å². The van der Waals surface area contributed by atoms with Gasteiger partial charge in [-0.2, -0.15) is 0 Å². The average molecular weight is 346 g/mol. The van der Waals surface area contributed by atoms with Gasteiger partial charge in [0.15, 0.2) is 5.76 Å². The van der Waals surface area contributed by atoms with E-state index in [1.807, 2.05) is 6.92 Å². The lowest BCUT2D eigenvalue weighted by Gasteiger charge is -2.16. The average Bonchev–Trinajstić information content (AvgIpc) is 3.04. The van der Waals surface area contributed by atoms with Crippen molar-refractivity contribution in [2.75, 3.05) is 0 Å². The van der Waals surface area contributed by atoms with E-state index in [1.165, 1.54) is 18.2 Å². The fourth-order valence-electron chi connectivity index (χ4n) is 2.49. The molecular formula is C17H18N2O6. The van der Waals surface area contributed by atoms with E-state index in [4.69, 9.17) is 9.52 Å². The molecule has 0 saturated carbocycles. The van der Waals surface area contributed by atoms with Crippen molar-refractivity contribution in [2.24, 2.45) is 0 Å². The van der Waals surface area contributed by atoms with Gasteiger partial charge in [0.25, 0.3) is 11.6 Å². The second-order valence-corrected chi connectivity index (χ2v) is 5.39. The second kappa shape index (κ2) is 7.61. The van der Waals surface area contributed by atoms with E-state index in [1.54, 1.807) is 19.1 Å². The molecule has 0 spiro atoms. The maximum atomic E-state index is 12.4. The number of benzene rings is 1. The van der Waals surface area contributed by atoms with Crippen molar-refractivity contribution < 1.29 is 24.0 Å². The third-order valence-electron chi connectivity index (χ3n) is 3.78. The molecule has 2 N–H and O–H groups in total. The van der Waals surface area contributed by atoms with Gasteiger partial charge >= 0.3 is 5.97 Å². The zero-order valence-electron chi connectivity index (χ0n) is 13.8. The number of nitrogens with zero attached hydrogens (tertiary/aromatic N) is 1. The molecule has 1 amide bonds. The highest BCUT2D eigenvalue weighted by Gasteiger charge is 2.22. The highest BCUT2D eigenvalue weighted by Crippen LogP contribution is 2.23. The van der Waals surface area contributed by atoms with Gasteiger partial charge in [0.1, 0.15) is 11.3 Å². The summed E-state index contributed by atoms with van der Waals surface area (Å²) < 4.78 is 5.33. The number of non-ortho nitro benzene ring substituents is 1. The van der Waals surface area contributed by atoms with E-state index < -0.39 is 22.8 Å². The van der Waals surface area contributed by atoms with Crippen LogP contribution in [0.3, 0.4) is 0 Å². The number of carboxylic acids is 1. The summed E-state index contributed by atoms with van der Waals surface area (Å²) in [5.41, 5.74) is 0.478. The number of carbonyl (C=O) groups excluding carboxylic acids is 1. The summed E-state index contributed by atoms with van der Waals surface area (Å²) in [6.45, 7) is 3.55. The van der Waals surface area contributed by atoms with Crippen molar-refractivity contribution in [2.45, 2.75) is 32.7 Å².